The van der Waals surface area contributed by atoms with Crippen LogP contribution in [0.4, 0.5) is 5.69 Å². The summed E-state index contributed by atoms with van der Waals surface area (Å²) in [5.41, 5.74) is 10.0. The number of anilines is 1. The molecule has 1 aliphatic rings. The average molecular weight is 401 g/mol. The molecule has 1 N–H and O–H groups in total. The SMILES string of the molecule is Cc1cc(N2CCCC2)ccc1C=NNC(=O)c1ccc(-n2c(C)ccc2C)cc1. The smallest absolute Gasteiger partial charge is 0.271 e. The molecule has 0 aliphatic carbocycles. The predicted molar refractivity (Wildman–Crippen MR) is 123 cm³/mol. The highest BCUT2D eigenvalue weighted by Crippen LogP contribution is 2.22. The van der Waals surface area contributed by atoms with Crippen molar-refractivity contribution in [2.45, 2.75) is 33.6 Å². The van der Waals surface area contributed by atoms with E-state index < -0.39 is 0 Å². The van der Waals surface area contributed by atoms with E-state index in [-0.39, 0.29) is 5.91 Å². The fourth-order valence-corrected chi connectivity index (χ4v) is 4.04. The quantitative estimate of drug-likeness (QED) is 0.496. The summed E-state index contributed by atoms with van der Waals surface area (Å²) in [6.45, 7) is 8.48. The van der Waals surface area contributed by atoms with Crippen LogP contribution in [0.25, 0.3) is 5.69 Å². The number of benzene rings is 2. The first-order valence-electron chi connectivity index (χ1n) is 10.5. The molecule has 5 heteroatoms. The molecular formula is C25H28N4O. The molecule has 1 amide bonds. The summed E-state index contributed by atoms with van der Waals surface area (Å²) in [7, 11) is 0. The molecule has 3 aromatic rings. The van der Waals surface area contributed by atoms with E-state index in [2.05, 4.69) is 71.1 Å². The number of carbonyl (C=O) groups is 1. The molecule has 5 nitrogen and oxygen atoms in total. The third-order valence-electron chi connectivity index (χ3n) is 5.75. The highest BCUT2D eigenvalue weighted by molar-refractivity contribution is 5.95. The molecule has 2 aromatic carbocycles. The second-order valence-corrected chi connectivity index (χ2v) is 7.93. The predicted octanol–water partition coefficient (Wildman–Crippen LogP) is 4.77. The monoisotopic (exact) mass is 400 g/mol. The first-order chi connectivity index (χ1) is 14.5. The van der Waals surface area contributed by atoms with Gasteiger partial charge in [0.2, 0.25) is 0 Å². The topological polar surface area (TPSA) is 49.6 Å². The lowest BCUT2D eigenvalue weighted by Gasteiger charge is -2.18. The fourth-order valence-electron chi connectivity index (χ4n) is 4.04. The van der Waals surface area contributed by atoms with Crippen LogP contribution >= 0.6 is 0 Å². The van der Waals surface area contributed by atoms with Crippen molar-refractivity contribution in [2.75, 3.05) is 18.0 Å². The first kappa shape index (κ1) is 20.0. The van der Waals surface area contributed by atoms with Crippen molar-refractivity contribution in [3.8, 4) is 5.69 Å². The van der Waals surface area contributed by atoms with E-state index in [1.165, 1.54) is 29.9 Å². The van der Waals surface area contributed by atoms with Crippen LogP contribution in [0.15, 0.2) is 59.7 Å². The van der Waals surface area contributed by atoms with Gasteiger partial charge in [-0.1, -0.05) is 6.07 Å². The van der Waals surface area contributed by atoms with Gasteiger partial charge in [-0.2, -0.15) is 5.10 Å². The summed E-state index contributed by atoms with van der Waals surface area (Å²) in [4.78, 5) is 14.9. The van der Waals surface area contributed by atoms with E-state index in [1.807, 2.05) is 24.3 Å². The number of nitrogens with zero attached hydrogens (tertiary/aromatic N) is 3. The van der Waals surface area contributed by atoms with Crippen molar-refractivity contribution >= 4 is 17.8 Å². The van der Waals surface area contributed by atoms with Crippen LogP contribution in [0.5, 0.6) is 0 Å². The Kier molecular flexibility index (Phi) is 5.70. The number of hydrogen-bond acceptors (Lipinski definition) is 3. The van der Waals surface area contributed by atoms with Gasteiger partial charge in [0.1, 0.15) is 0 Å². The van der Waals surface area contributed by atoms with Gasteiger partial charge in [0.05, 0.1) is 6.21 Å². The maximum absolute atomic E-state index is 12.4. The molecule has 0 unspecified atom stereocenters. The maximum Gasteiger partial charge on any atom is 0.271 e. The van der Waals surface area contributed by atoms with Crippen molar-refractivity contribution in [3.63, 3.8) is 0 Å². The Balaban J connectivity index is 1.40. The van der Waals surface area contributed by atoms with Gasteiger partial charge in [-0.25, -0.2) is 5.43 Å². The lowest BCUT2D eigenvalue weighted by molar-refractivity contribution is 0.0955. The molecule has 2 heterocycles. The molecule has 0 spiro atoms. The number of rotatable bonds is 5. The zero-order valence-electron chi connectivity index (χ0n) is 17.9. The summed E-state index contributed by atoms with van der Waals surface area (Å²) >= 11 is 0. The fraction of sp³-hybridized carbons (Fsp3) is 0.280. The van der Waals surface area contributed by atoms with E-state index in [1.54, 1.807) is 6.21 Å². The molecule has 0 bridgehead atoms. The summed E-state index contributed by atoms with van der Waals surface area (Å²) in [5.74, 6) is -0.218. The Labute approximate surface area is 178 Å². The molecule has 154 valence electrons. The number of hydrazone groups is 1. The van der Waals surface area contributed by atoms with Crippen molar-refractivity contribution in [3.05, 3.63) is 82.7 Å². The Morgan fingerprint density at radius 1 is 0.900 bits per heavy atom. The van der Waals surface area contributed by atoms with Crippen molar-refractivity contribution < 1.29 is 4.79 Å². The summed E-state index contributed by atoms with van der Waals surface area (Å²) in [6, 6.07) is 18.1. The lowest BCUT2D eigenvalue weighted by atomic mass is 10.1. The highest BCUT2D eigenvalue weighted by Gasteiger charge is 2.13. The molecule has 0 radical (unpaired) electrons. The largest absolute Gasteiger partial charge is 0.372 e. The molecule has 1 aliphatic heterocycles. The Hall–Kier alpha value is -3.34. The number of amides is 1. The molecule has 1 saturated heterocycles. The molecule has 30 heavy (non-hydrogen) atoms. The number of aryl methyl sites for hydroxylation is 3. The number of hydrogen-bond donors (Lipinski definition) is 1. The lowest BCUT2D eigenvalue weighted by Crippen LogP contribution is -2.18. The minimum atomic E-state index is -0.218. The van der Waals surface area contributed by atoms with Gasteiger partial charge in [0.25, 0.3) is 5.91 Å². The van der Waals surface area contributed by atoms with E-state index >= 15 is 0 Å². The normalized spacial score (nSPS) is 13.9. The van der Waals surface area contributed by atoms with Gasteiger partial charge in [0, 0.05) is 41.4 Å². The number of nitrogens with one attached hydrogen (secondary N) is 1. The van der Waals surface area contributed by atoms with Gasteiger partial charge in [0.15, 0.2) is 0 Å². The molecule has 1 fully saturated rings. The minimum Gasteiger partial charge on any atom is -0.372 e. The summed E-state index contributed by atoms with van der Waals surface area (Å²) in [5, 5.41) is 4.16. The summed E-state index contributed by atoms with van der Waals surface area (Å²) in [6.07, 6.45) is 4.24. The second kappa shape index (κ2) is 8.57. The zero-order chi connectivity index (χ0) is 21.1. The Morgan fingerprint density at radius 2 is 1.53 bits per heavy atom. The number of aromatic nitrogens is 1. The first-order valence-corrected chi connectivity index (χ1v) is 10.5. The van der Waals surface area contributed by atoms with E-state index in [4.69, 9.17) is 0 Å². The Morgan fingerprint density at radius 3 is 2.17 bits per heavy atom. The van der Waals surface area contributed by atoms with Gasteiger partial charge in [-0.3, -0.25) is 4.79 Å². The third kappa shape index (κ3) is 4.15. The molecule has 0 atom stereocenters. The van der Waals surface area contributed by atoms with Gasteiger partial charge >= 0.3 is 0 Å². The van der Waals surface area contributed by atoms with Crippen LogP contribution in [-0.4, -0.2) is 29.8 Å². The standard InChI is InChI=1S/C25H28N4O/c1-18-16-24(28-14-4-5-15-28)13-10-22(18)17-26-27-25(30)21-8-11-23(12-9-21)29-19(2)6-7-20(29)3/h6-13,16-17H,4-5,14-15H2,1-3H3,(H,27,30). The second-order valence-electron chi connectivity index (χ2n) is 7.93. The highest BCUT2D eigenvalue weighted by atomic mass is 16.2. The van der Waals surface area contributed by atoms with Crippen LogP contribution < -0.4 is 10.3 Å². The third-order valence-corrected chi connectivity index (χ3v) is 5.75. The van der Waals surface area contributed by atoms with Gasteiger partial charge < -0.3 is 9.47 Å². The Bertz CT molecular complexity index is 1050. The average Bonchev–Trinajstić information content (AvgIpc) is 3.39. The number of carbonyl (C=O) groups excluding carboxylic acids is 1. The van der Waals surface area contributed by atoms with Crippen LogP contribution in [0, 0.1) is 20.8 Å². The minimum absolute atomic E-state index is 0.218. The zero-order valence-corrected chi connectivity index (χ0v) is 17.9. The van der Waals surface area contributed by atoms with Crippen LogP contribution in [-0.2, 0) is 0 Å². The van der Waals surface area contributed by atoms with Crippen molar-refractivity contribution in [1.29, 1.82) is 0 Å². The van der Waals surface area contributed by atoms with Crippen molar-refractivity contribution in [2.24, 2.45) is 5.10 Å². The van der Waals surface area contributed by atoms with Crippen LogP contribution in [0.1, 0.15) is 45.7 Å². The molecule has 0 saturated carbocycles. The van der Waals surface area contributed by atoms with E-state index in [0.717, 1.165) is 29.9 Å². The van der Waals surface area contributed by atoms with Crippen LogP contribution in [0.3, 0.4) is 0 Å². The van der Waals surface area contributed by atoms with Crippen LogP contribution in [0.2, 0.25) is 0 Å². The maximum atomic E-state index is 12.4. The van der Waals surface area contributed by atoms with Gasteiger partial charge in [-0.05, 0) is 93.3 Å². The van der Waals surface area contributed by atoms with Crippen molar-refractivity contribution in [1.82, 2.24) is 9.99 Å². The van der Waals surface area contributed by atoms with E-state index in [9.17, 15) is 4.79 Å². The van der Waals surface area contributed by atoms with E-state index in [0.29, 0.717) is 5.56 Å². The molecular weight excluding hydrogens is 372 g/mol. The molecule has 1 aromatic heterocycles. The molecule has 4 rings (SSSR count). The van der Waals surface area contributed by atoms with Gasteiger partial charge in [-0.15, -0.1) is 0 Å². The summed E-state index contributed by atoms with van der Waals surface area (Å²) < 4.78 is 2.16.